The monoisotopic (exact) mass is 386 g/mol. The van der Waals surface area contributed by atoms with Crippen molar-refractivity contribution in [2.24, 2.45) is 0 Å². The molecule has 0 radical (unpaired) electrons. The van der Waals surface area contributed by atoms with Crippen LogP contribution in [0.1, 0.15) is 51.6 Å². The predicted octanol–water partition coefficient (Wildman–Crippen LogP) is 4.16. The van der Waals surface area contributed by atoms with Crippen molar-refractivity contribution in [2.75, 3.05) is 0 Å². The number of alkyl halides is 3. The Morgan fingerprint density at radius 3 is 2.64 bits per heavy atom. The van der Waals surface area contributed by atoms with Crippen molar-refractivity contribution >= 4 is 16.8 Å². The lowest BCUT2D eigenvalue weighted by atomic mass is 9.98. The Morgan fingerprint density at radius 2 is 2.00 bits per heavy atom. The number of aromatic nitrogens is 3. The molecule has 0 bridgehead atoms. The fourth-order valence-electron chi connectivity index (χ4n) is 3.18. The van der Waals surface area contributed by atoms with Gasteiger partial charge in [-0.2, -0.15) is 13.2 Å². The second kappa shape index (κ2) is 6.85. The molecular weight excluding hydrogens is 369 g/mol. The van der Waals surface area contributed by atoms with E-state index in [1.807, 2.05) is 0 Å². The second-order valence-corrected chi connectivity index (χ2v) is 6.94. The van der Waals surface area contributed by atoms with E-state index in [-0.39, 0.29) is 23.7 Å². The molecule has 0 spiro atoms. The smallest absolute Gasteiger partial charge is 0.345 e. The van der Waals surface area contributed by atoms with Crippen LogP contribution in [0.25, 0.3) is 10.9 Å². The third-order valence-corrected chi connectivity index (χ3v) is 4.78. The fourth-order valence-corrected chi connectivity index (χ4v) is 3.18. The maximum absolute atomic E-state index is 13.7. The predicted molar refractivity (Wildman–Crippen MR) is 96.7 cm³/mol. The van der Waals surface area contributed by atoms with Crippen LogP contribution in [-0.4, -0.2) is 20.9 Å². The zero-order valence-electron chi connectivity index (χ0n) is 15.0. The summed E-state index contributed by atoms with van der Waals surface area (Å²) in [5.41, 5.74) is 0.768. The number of hydrogen-bond acceptors (Lipinski definition) is 4. The quantitative estimate of drug-likeness (QED) is 0.731. The van der Waals surface area contributed by atoms with E-state index in [2.05, 4.69) is 20.3 Å². The molecule has 4 rings (SSSR count). The number of pyridine rings is 1. The largest absolute Gasteiger partial charge is 0.418 e. The average molecular weight is 386 g/mol. The standard InChI is InChI=1S/C20H17F3N4O/c1-11-6-17(19(28)26-10-14-9-24-4-5-25-14)27-18-15(11)7-13(12-2-3-12)8-16(18)20(21,22)23/h4-9,12H,2-3,10H2,1H3,(H,26,28). The molecule has 1 saturated carbocycles. The van der Waals surface area contributed by atoms with Gasteiger partial charge in [-0.05, 0) is 55.0 Å². The van der Waals surface area contributed by atoms with Gasteiger partial charge in [0.05, 0.1) is 29.5 Å². The van der Waals surface area contributed by atoms with Crippen LogP contribution >= 0.6 is 0 Å². The molecule has 1 amide bonds. The van der Waals surface area contributed by atoms with Crippen molar-refractivity contribution in [3.8, 4) is 0 Å². The first kappa shape index (κ1) is 18.3. The molecule has 5 nitrogen and oxygen atoms in total. The van der Waals surface area contributed by atoms with Gasteiger partial charge >= 0.3 is 6.18 Å². The maximum Gasteiger partial charge on any atom is 0.418 e. The van der Waals surface area contributed by atoms with Crippen molar-refractivity contribution in [3.63, 3.8) is 0 Å². The first-order chi connectivity index (χ1) is 13.3. The minimum atomic E-state index is -4.54. The zero-order chi connectivity index (χ0) is 19.9. The first-order valence-corrected chi connectivity index (χ1v) is 8.88. The van der Waals surface area contributed by atoms with Crippen LogP contribution in [0.2, 0.25) is 0 Å². The topological polar surface area (TPSA) is 67.8 Å². The molecule has 1 aliphatic carbocycles. The second-order valence-electron chi connectivity index (χ2n) is 6.94. The number of nitrogens with one attached hydrogen (secondary N) is 1. The Balaban J connectivity index is 1.72. The molecule has 1 N–H and O–H groups in total. The summed E-state index contributed by atoms with van der Waals surface area (Å²) in [6, 6.07) is 4.46. The Labute approximate surface area is 159 Å². The molecule has 2 aromatic heterocycles. The number of hydrogen-bond donors (Lipinski definition) is 1. The highest BCUT2D eigenvalue weighted by atomic mass is 19.4. The highest BCUT2D eigenvalue weighted by molar-refractivity contribution is 5.96. The van der Waals surface area contributed by atoms with Gasteiger partial charge in [0.1, 0.15) is 5.69 Å². The highest BCUT2D eigenvalue weighted by Crippen LogP contribution is 2.44. The lowest BCUT2D eigenvalue weighted by molar-refractivity contribution is -0.136. The fraction of sp³-hybridized carbons (Fsp3) is 0.300. The van der Waals surface area contributed by atoms with E-state index < -0.39 is 17.6 Å². The number of amides is 1. The van der Waals surface area contributed by atoms with Crippen molar-refractivity contribution in [1.29, 1.82) is 0 Å². The molecule has 0 atom stereocenters. The molecule has 1 aromatic carbocycles. The number of rotatable bonds is 4. The number of halogens is 3. The van der Waals surface area contributed by atoms with Gasteiger partial charge in [0.2, 0.25) is 0 Å². The van der Waals surface area contributed by atoms with Gasteiger partial charge in [-0.3, -0.25) is 14.8 Å². The summed E-state index contributed by atoms with van der Waals surface area (Å²) in [5, 5.41) is 3.05. The Kier molecular flexibility index (Phi) is 4.49. The van der Waals surface area contributed by atoms with Crippen LogP contribution in [0.4, 0.5) is 13.2 Å². The summed E-state index contributed by atoms with van der Waals surface area (Å²) >= 11 is 0. The lowest BCUT2D eigenvalue weighted by Crippen LogP contribution is -2.24. The van der Waals surface area contributed by atoms with Crippen molar-refractivity contribution in [2.45, 2.75) is 38.4 Å². The molecule has 0 saturated heterocycles. The Morgan fingerprint density at radius 1 is 1.21 bits per heavy atom. The van der Waals surface area contributed by atoms with Gasteiger partial charge in [0.15, 0.2) is 0 Å². The summed E-state index contributed by atoms with van der Waals surface area (Å²) in [6.07, 6.45) is 1.76. The maximum atomic E-state index is 13.7. The molecule has 1 fully saturated rings. The summed E-state index contributed by atoms with van der Waals surface area (Å²) in [7, 11) is 0. The number of benzene rings is 1. The first-order valence-electron chi connectivity index (χ1n) is 8.88. The molecule has 2 heterocycles. The zero-order valence-corrected chi connectivity index (χ0v) is 15.0. The van der Waals surface area contributed by atoms with Crippen LogP contribution < -0.4 is 5.32 Å². The summed E-state index contributed by atoms with van der Waals surface area (Å²) in [5.74, 6) is -0.380. The normalized spacial score (nSPS) is 14.3. The van der Waals surface area contributed by atoms with Crippen molar-refractivity contribution in [3.05, 3.63) is 64.9 Å². The number of carbonyl (C=O) groups is 1. The van der Waals surface area contributed by atoms with Crippen LogP contribution in [-0.2, 0) is 12.7 Å². The number of fused-ring (bicyclic) bond motifs is 1. The van der Waals surface area contributed by atoms with Crippen molar-refractivity contribution < 1.29 is 18.0 Å². The minimum Gasteiger partial charge on any atom is -0.345 e. The summed E-state index contributed by atoms with van der Waals surface area (Å²) in [4.78, 5) is 24.5. The van der Waals surface area contributed by atoms with Crippen molar-refractivity contribution in [1.82, 2.24) is 20.3 Å². The van der Waals surface area contributed by atoms with Gasteiger partial charge in [0, 0.05) is 17.8 Å². The van der Waals surface area contributed by atoms with E-state index in [4.69, 9.17) is 0 Å². The SMILES string of the molecule is Cc1cc(C(=O)NCc2cnccn2)nc2c(C(F)(F)F)cc(C3CC3)cc12. The number of aryl methyl sites for hydroxylation is 1. The van der Waals surface area contributed by atoms with Gasteiger partial charge < -0.3 is 5.32 Å². The van der Waals surface area contributed by atoms with Crippen LogP contribution in [0.15, 0.2) is 36.8 Å². The van der Waals surface area contributed by atoms with Crippen LogP contribution in [0, 0.1) is 6.92 Å². The molecule has 0 aliphatic heterocycles. The van der Waals surface area contributed by atoms with E-state index in [1.165, 1.54) is 30.7 Å². The number of nitrogens with zero attached hydrogens (tertiary/aromatic N) is 3. The van der Waals surface area contributed by atoms with E-state index in [0.29, 0.717) is 22.2 Å². The van der Waals surface area contributed by atoms with Gasteiger partial charge in [0.25, 0.3) is 5.91 Å². The lowest BCUT2D eigenvalue weighted by Gasteiger charge is -2.15. The molecule has 28 heavy (non-hydrogen) atoms. The molecule has 1 aliphatic rings. The molecule has 144 valence electrons. The minimum absolute atomic E-state index is 0.0569. The molecule has 0 unspecified atom stereocenters. The Bertz CT molecular complexity index is 1050. The molecule has 8 heteroatoms. The summed E-state index contributed by atoms with van der Waals surface area (Å²) in [6.45, 7) is 1.80. The molecular formula is C20H17F3N4O. The van der Waals surface area contributed by atoms with E-state index >= 15 is 0 Å². The third kappa shape index (κ3) is 3.67. The summed E-state index contributed by atoms with van der Waals surface area (Å²) < 4.78 is 41.0. The Hall–Kier alpha value is -3.03. The number of carbonyl (C=O) groups excluding carboxylic acids is 1. The van der Waals surface area contributed by atoms with Gasteiger partial charge in [-0.25, -0.2) is 4.98 Å². The molecule has 3 aromatic rings. The van der Waals surface area contributed by atoms with Gasteiger partial charge in [-0.1, -0.05) is 0 Å². The van der Waals surface area contributed by atoms with Crippen LogP contribution in [0.3, 0.4) is 0 Å². The third-order valence-electron chi connectivity index (χ3n) is 4.78. The van der Waals surface area contributed by atoms with E-state index in [0.717, 1.165) is 12.8 Å². The van der Waals surface area contributed by atoms with E-state index in [9.17, 15) is 18.0 Å². The average Bonchev–Trinajstić information content (AvgIpc) is 3.50. The van der Waals surface area contributed by atoms with Gasteiger partial charge in [-0.15, -0.1) is 0 Å². The van der Waals surface area contributed by atoms with Crippen LogP contribution in [0.5, 0.6) is 0 Å². The highest BCUT2D eigenvalue weighted by Gasteiger charge is 2.36. The van der Waals surface area contributed by atoms with E-state index in [1.54, 1.807) is 13.0 Å².